The highest BCUT2D eigenvalue weighted by Crippen LogP contribution is 2.35. The second-order valence-electron chi connectivity index (χ2n) is 10.7. The Morgan fingerprint density at radius 3 is 2.26 bits per heavy atom. The molecule has 1 heterocycles. The quantitative estimate of drug-likeness (QED) is 0.298. The first kappa shape index (κ1) is 32.4. The summed E-state index contributed by atoms with van der Waals surface area (Å²) >= 11 is 12.4. The first-order chi connectivity index (χ1) is 20.4. The molecule has 0 bridgehead atoms. The molecular formula is C31H35Cl2N3O6S. The number of fused-ring (bicyclic) bond motifs is 1. The molecule has 230 valence electrons. The average Bonchev–Trinajstić information content (AvgIpc) is 2.97. The number of hydrogen-bond donors (Lipinski definition) is 1. The highest BCUT2D eigenvalue weighted by atomic mass is 35.5. The molecule has 12 heteroatoms. The van der Waals surface area contributed by atoms with Crippen molar-refractivity contribution in [3.63, 3.8) is 0 Å². The molecule has 0 unspecified atom stereocenters. The van der Waals surface area contributed by atoms with Gasteiger partial charge in [-0.3, -0.25) is 13.9 Å². The Hall–Kier alpha value is -3.47. The van der Waals surface area contributed by atoms with Crippen molar-refractivity contribution < 1.29 is 27.5 Å². The molecule has 4 rings (SSSR count). The number of nitrogens with one attached hydrogen (secondary N) is 1. The Morgan fingerprint density at radius 2 is 1.60 bits per heavy atom. The third kappa shape index (κ3) is 8.78. The maximum Gasteiger partial charge on any atom is 0.244 e. The molecule has 3 aromatic carbocycles. The van der Waals surface area contributed by atoms with Crippen LogP contribution in [0.25, 0.3) is 0 Å². The van der Waals surface area contributed by atoms with E-state index < -0.39 is 28.5 Å². The zero-order valence-electron chi connectivity index (χ0n) is 24.3. The maximum atomic E-state index is 14.2. The summed E-state index contributed by atoms with van der Waals surface area (Å²) in [6.07, 6.45) is 1.23. The lowest BCUT2D eigenvalue weighted by molar-refractivity contribution is -0.140. The fourth-order valence-electron chi connectivity index (χ4n) is 4.61. The van der Waals surface area contributed by atoms with Crippen LogP contribution in [-0.2, 0) is 32.6 Å². The Balaban J connectivity index is 1.74. The van der Waals surface area contributed by atoms with E-state index in [-0.39, 0.29) is 30.5 Å². The number of carbonyl (C=O) groups excluding carboxylic acids is 2. The van der Waals surface area contributed by atoms with E-state index in [0.717, 1.165) is 16.1 Å². The number of sulfonamides is 1. The molecule has 0 fully saturated rings. The van der Waals surface area contributed by atoms with Crippen LogP contribution in [0, 0.1) is 5.92 Å². The van der Waals surface area contributed by atoms with Gasteiger partial charge in [-0.15, -0.1) is 0 Å². The summed E-state index contributed by atoms with van der Waals surface area (Å²) in [6.45, 7) is 4.49. The molecule has 2 amide bonds. The Labute approximate surface area is 262 Å². The van der Waals surface area contributed by atoms with Crippen LogP contribution in [0.1, 0.15) is 25.0 Å². The molecule has 0 radical (unpaired) electrons. The molecule has 1 aliphatic heterocycles. The van der Waals surface area contributed by atoms with Gasteiger partial charge in [0.25, 0.3) is 0 Å². The minimum absolute atomic E-state index is 0.0128. The Bertz CT molecular complexity index is 1550. The smallest absolute Gasteiger partial charge is 0.244 e. The largest absolute Gasteiger partial charge is 0.486 e. The lowest BCUT2D eigenvalue weighted by Gasteiger charge is -2.34. The number of nitrogens with zero attached hydrogens (tertiary/aromatic N) is 2. The predicted octanol–water partition coefficient (Wildman–Crippen LogP) is 4.94. The van der Waals surface area contributed by atoms with E-state index in [1.165, 1.54) is 11.0 Å². The van der Waals surface area contributed by atoms with Gasteiger partial charge >= 0.3 is 0 Å². The maximum absolute atomic E-state index is 14.2. The number of hydrogen-bond acceptors (Lipinski definition) is 6. The van der Waals surface area contributed by atoms with Crippen LogP contribution in [0.5, 0.6) is 11.5 Å². The second kappa shape index (κ2) is 14.3. The van der Waals surface area contributed by atoms with Gasteiger partial charge in [0.15, 0.2) is 11.5 Å². The van der Waals surface area contributed by atoms with Crippen LogP contribution in [0.15, 0.2) is 66.7 Å². The van der Waals surface area contributed by atoms with Crippen molar-refractivity contribution >= 4 is 50.7 Å². The molecule has 0 saturated heterocycles. The van der Waals surface area contributed by atoms with Gasteiger partial charge in [-0.05, 0) is 41.3 Å². The topological polar surface area (TPSA) is 105 Å². The molecule has 43 heavy (non-hydrogen) atoms. The number of rotatable bonds is 12. The van der Waals surface area contributed by atoms with E-state index in [2.05, 4.69) is 5.32 Å². The summed E-state index contributed by atoms with van der Waals surface area (Å²) in [4.78, 5) is 29.3. The van der Waals surface area contributed by atoms with Crippen molar-refractivity contribution in [3.8, 4) is 11.5 Å². The summed E-state index contributed by atoms with van der Waals surface area (Å²) < 4.78 is 38.3. The molecule has 0 spiro atoms. The average molecular weight is 649 g/mol. The highest BCUT2D eigenvalue weighted by molar-refractivity contribution is 7.92. The third-order valence-corrected chi connectivity index (χ3v) is 8.67. The number of carbonyl (C=O) groups is 2. The van der Waals surface area contributed by atoms with Crippen molar-refractivity contribution in [2.45, 2.75) is 32.9 Å². The van der Waals surface area contributed by atoms with E-state index in [0.29, 0.717) is 46.9 Å². The molecule has 1 atom stereocenters. The summed E-state index contributed by atoms with van der Waals surface area (Å²) in [5.41, 5.74) is 1.70. The number of halogens is 2. The van der Waals surface area contributed by atoms with E-state index in [1.807, 2.05) is 44.2 Å². The standard InChI is InChI=1S/C31H35Cl2N3O6S/c1-21(2)18-34-31(38)27(16-22-7-5-4-6-8-22)35(19-23-9-11-25(32)26(33)15-23)30(37)20-36(43(3,39)40)24-10-12-28-29(17-24)42-14-13-41-28/h4-12,15,17,21,27H,13-14,16,18-20H2,1-3H3,(H,34,38)/t27-/m1/s1. The van der Waals surface area contributed by atoms with Gasteiger partial charge in [0, 0.05) is 25.6 Å². The van der Waals surface area contributed by atoms with Crippen LogP contribution < -0.4 is 19.1 Å². The molecular weight excluding hydrogens is 613 g/mol. The molecule has 9 nitrogen and oxygen atoms in total. The van der Waals surface area contributed by atoms with Gasteiger partial charge in [-0.1, -0.05) is 73.4 Å². The number of benzene rings is 3. The van der Waals surface area contributed by atoms with E-state index in [1.54, 1.807) is 30.3 Å². The predicted molar refractivity (Wildman–Crippen MR) is 168 cm³/mol. The van der Waals surface area contributed by atoms with E-state index >= 15 is 0 Å². The number of ether oxygens (including phenoxy) is 2. The molecule has 0 aliphatic carbocycles. The van der Waals surface area contributed by atoms with Gasteiger partial charge in [0.05, 0.1) is 22.0 Å². The molecule has 0 aromatic heterocycles. The van der Waals surface area contributed by atoms with Crippen LogP contribution >= 0.6 is 23.2 Å². The Morgan fingerprint density at radius 1 is 0.907 bits per heavy atom. The van der Waals surface area contributed by atoms with Gasteiger partial charge in [0.1, 0.15) is 25.8 Å². The van der Waals surface area contributed by atoms with Crippen LogP contribution in [0.4, 0.5) is 5.69 Å². The van der Waals surface area contributed by atoms with Crippen molar-refractivity contribution in [3.05, 3.63) is 87.9 Å². The fourth-order valence-corrected chi connectivity index (χ4v) is 5.77. The van der Waals surface area contributed by atoms with Gasteiger partial charge in [-0.25, -0.2) is 8.42 Å². The zero-order chi connectivity index (χ0) is 31.1. The van der Waals surface area contributed by atoms with Crippen LogP contribution in [0.3, 0.4) is 0 Å². The zero-order valence-corrected chi connectivity index (χ0v) is 26.6. The first-order valence-electron chi connectivity index (χ1n) is 13.8. The van der Waals surface area contributed by atoms with Crippen molar-refractivity contribution in [1.82, 2.24) is 10.2 Å². The monoisotopic (exact) mass is 647 g/mol. The second-order valence-corrected chi connectivity index (χ2v) is 13.4. The van der Waals surface area contributed by atoms with E-state index in [4.69, 9.17) is 32.7 Å². The summed E-state index contributed by atoms with van der Waals surface area (Å²) in [7, 11) is -3.93. The molecule has 3 aromatic rings. The Kier molecular flexibility index (Phi) is 10.8. The van der Waals surface area contributed by atoms with Gasteiger partial charge in [0.2, 0.25) is 21.8 Å². The van der Waals surface area contributed by atoms with Crippen molar-refractivity contribution in [1.29, 1.82) is 0 Å². The summed E-state index contributed by atoms with van der Waals surface area (Å²) in [6, 6.07) is 18.0. The molecule has 1 N–H and O–H groups in total. The lowest BCUT2D eigenvalue weighted by atomic mass is 10.0. The normalized spacial score (nSPS) is 13.3. The van der Waals surface area contributed by atoms with E-state index in [9.17, 15) is 18.0 Å². The highest BCUT2D eigenvalue weighted by Gasteiger charge is 2.33. The van der Waals surface area contributed by atoms with Crippen LogP contribution in [0.2, 0.25) is 10.0 Å². The van der Waals surface area contributed by atoms with Crippen molar-refractivity contribution in [2.24, 2.45) is 5.92 Å². The molecule has 1 aliphatic rings. The van der Waals surface area contributed by atoms with Gasteiger partial charge in [-0.2, -0.15) is 0 Å². The summed E-state index contributed by atoms with van der Waals surface area (Å²) in [5, 5.41) is 3.59. The minimum atomic E-state index is -3.93. The number of anilines is 1. The first-order valence-corrected chi connectivity index (χ1v) is 16.4. The SMILES string of the molecule is CC(C)CNC(=O)[C@@H](Cc1ccccc1)N(Cc1ccc(Cl)c(Cl)c1)C(=O)CN(c1ccc2c(c1)OCCO2)S(C)(=O)=O. The minimum Gasteiger partial charge on any atom is -0.486 e. The number of amides is 2. The van der Waals surface area contributed by atoms with Crippen LogP contribution in [-0.4, -0.2) is 63.7 Å². The molecule has 0 saturated carbocycles. The summed E-state index contributed by atoms with van der Waals surface area (Å²) in [5.74, 6) is 0.119. The lowest BCUT2D eigenvalue weighted by Crippen LogP contribution is -2.53. The third-order valence-electron chi connectivity index (χ3n) is 6.79. The van der Waals surface area contributed by atoms with Crippen molar-refractivity contribution in [2.75, 3.05) is 36.9 Å². The van der Waals surface area contributed by atoms with Gasteiger partial charge < -0.3 is 19.7 Å². The fraction of sp³-hybridized carbons (Fsp3) is 0.355.